The van der Waals surface area contributed by atoms with Gasteiger partial charge in [-0.1, -0.05) is 13.8 Å². The number of ketones is 3. The summed E-state index contributed by atoms with van der Waals surface area (Å²) in [5, 5.41) is 16.4. The molecule has 0 aliphatic carbocycles. The molecular formula is C22H35ClN4O7. The highest BCUT2D eigenvalue weighted by molar-refractivity contribution is 6.41. The predicted octanol–water partition coefficient (Wildman–Crippen LogP) is -0.723. The van der Waals surface area contributed by atoms with Gasteiger partial charge in [0.25, 0.3) is 0 Å². The van der Waals surface area contributed by atoms with E-state index in [9.17, 15) is 28.8 Å². The van der Waals surface area contributed by atoms with Gasteiger partial charge < -0.3 is 20.6 Å². The number of hydrogen-bond donors (Lipinski definition) is 4. The second-order valence-corrected chi connectivity index (χ2v) is 8.96. The van der Waals surface area contributed by atoms with Crippen LogP contribution >= 0.6 is 11.6 Å². The van der Waals surface area contributed by atoms with E-state index in [2.05, 4.69) is 16.0 Å². The van der Waals surface area contributed by atoms with Gasteiger partial charge in [-0.3, -0.25) is 34.1 Å². The van der Waals surface area contributed by atoms with Crippen molar-refractivity contribution in [2.45, 2.75) is 77.5 Å². The van der Waals surface area contributed by atoms with Crippen LogP contribution in [0, 0.1) is 5.92 Å². The quantitative estimate of drug-likeness (QED) is 0.137. The standard InChI is InChI=1S/C22H35ClN4O7/c1-12(2)18(24-11-23)20(32)19(31)16-6-5-9-27(16)22(34)14(4)26-21(33)13(3)25-17(30)8-7-15(29)10-28/h12-14,16,18,24,28H,5-11H2,1-4H3,(H,25,30)(H,26,33)/t13-,14?,16-,18-/m0/s1. The molecule has 0 aromatic carbocycles. The summed E-state index contributed by atoms with van der Waals surface area (Å²) in [6.07, 6.45) is 0.575. The molecule has 4 N–H and O–H groups in total. The number of halogens is 1. The van der Waals surface area contributed by atoms with Gasteiger partial charge in [-0.2, -0.15) is 0 Å². The number of hydrogen-bond acceptors (Lipinski definition) is 8. The van der Waals surface area contributed by atoms with Crippen molar-refractivity contribution in [3.05, 3.63) is 0 Å². The summed E-state index contributed by atoms with van der Waals surface area (Å²) in [7, 11) is 0. The van der Waals surface area contributed by atoms with Crippen LogP contribution in [-0.4, -0.2) is 88.4 Å². The molecule has 4 atom stereocenters. The van der Waals surface area contributed by atoms with Gasteiger partial charge in [0.2, 0.25) is 29.3 Å². The second kappa shape index (κ2) is 14.1. The van der Waals surface area contributed by atoms with Crippen LogP contribution < -0.4 is 16.0 Å². The molecule has 0 radical (unpaired) electrons. The lowest BCUT2D eigenvalue weighted by atomic mass is 9.93. The van der Waals surface area contributed by atoms with E-state index < -0.39 is 65.8 Å². The predicted molar refractivity (Wildman–Crippen MR) is 124 cm³/mol. The zero-order chi connectivity index (χ0) is 26.0. The van der Waals surface area contributed by atoms with Crippen molar-refractivity contribution < 1.29 is 33.9 Å². The molecule has 1 heterocycles. The number of carbonyl (C=O) groups excluding carboxylic acids is 6. The maximum atomic E-state index is 13.0. The molecule has 0 aromatic heterocycles. The van der Waals surface area contributed by atoms with E-state index in [1.165, 1.54) is 18.7 Å². The molecule has 0 saturated carbocycles. The molecular weight excluding hydrogens is 468 g/mol. The van der Waals surface area contributed by atoms with E-state index in [1.54, 1.807) is 13.8 Å². The Balaban J connectivity index is 2.72. The van der Waals surface area contributed by atoms with Gasteiger partial charge in [0.1, 0.15) is 18.7 Å². The minimum atomic E-state index is -0.992. The fourth-order valence-corrected chi connectivity index (χ4v) is 3.86. The van der Waals surface area contributed by atoms with Crippen LogP contribution in [0.4, 0.5) is 0 Å². The van der Waals surface area contributed by atoms with Gasteiger partial charge in [0, 0.05) is 19.4 Å². The van der Waals surface area contributed by atoms with Crippen molar-refractivity contribution in [2.24, 2.45) is 5.92 Å². The summed E-state index contributed by atoms with van der Waals surface area (Å²) in [6.45, 7) is 6.08. The monoisotopic (exact) mass is 502 g/mol. The first kappa shape index (κ1) is 29.7. The van der Waals surface area contributed by atoms with Gasteiger partial charge in [-0.15, -0.1) is 11.6 Å². The lowest BCUT2D eigenvalue weighted by Crippen LogP contribution is -2.56. The van der Waals surface area contributed by atoms with Crippen molar-refractivity contribution in [2.75, 3.05) is 19.2 Å². The smallest absolute Gasteiger partial charge is 0.245 e. The van der Waals surface area contributed by atoms with E-state index in [4.69, 9.17) is 16.7 Å². The number of rotatable bonds is 14. The van der Waals surface area contributed by atoms with Gasteiger partial charge in [0.15, 0.2) is 5.78 Å². The summed E-state index contributed by atoms with van der Waals surface area (Å²) in [5.41, 5.74) is 0. The van der Waals surface area contributed by atoms with Crippen LogP contribution in [0.2, 0.25) is 0 Å². The molecule has 11 nitrogen and oxygen atoms in total. The first-order chi connectivity index (χ1) is 15.9. The van der Waals surface area contributed by atoms with E-state index in [0.29, 0.717) is 12.8 Å². The Morgan fingerprint density at radius 1 is 1.00 bits per heavy atom. The van der Waals surface area contributed by atoms with Crippen molar-refractivity contribution in [3.63, 3.8) is 0 Å². The Morgan fingerprint density at radius 2 is 1.65 bits per heavy atom. The minimum Gasteiger partial charge on any atom is -0.389 e. The van der Waals surface area contributed by atoms with Crippen LogP contribution in [-0.2, 0) is 28.8 Å². The Bertz CT molecular complexity index is 789. The van der Waals surface area contributed by atoms with Crippen molar-refractivity contribution in [3.8, 4) is 0 Å². The van der Waals surface area contributed by atoms with Gasteiger partial charge in [0.05, 0.1) is 18.1 Å². The highest BCUT2D eigenvalue weighted by Crippen LogP contribution is 2.21. The number of likely N-dealkylation sites (tertiary alicyclic amines) is 1. The molecule has 1 fully saturated rings. The number of nitrogens with one attached hydrogen (secondary N) is 3. The third-order valence-corrected chi connectivity index (χ3v) is 5.79. The molecule has 1 aliphatic heterocycles. The van der Waals surface area contributed by atoms with Crippen LogP contribution in [0.3, 0.4) is 0 Å². The number of alkyl halides is 1. The number of amides is 3. The number of Topliss-reactive ketones (excluding diaryl/α,β-unsaturated/α-hetero) is 3. The molecule has 0 bridgehead atoms. The summed E-state index contributed by atoms with van der Waals surface area (Å²) < 4.78 is 0. The number of nitrogens with zero attached hydrogens (tertiary/aromatic N) is 1. The molecule has 192 valence electrons. The molecule has 1 rings (SSSR count). The summed E-state index contributed by atoms with van der Waals surface area (Å²) in [6, 6.07) is -3.62. The lowest BCUT2D eigenvalue weighted by molar-refractivity contribution is -0.145. The highest BCUT2D eigenvalue weighted by Gasteiger charge is 2.41. The topological polar surface area (TPSA) is 162 Å². The maximum Gasteiger partial charge on any atom is 0.245 e. The third-order valence-electron chi connectivity index (χ3n) is 5.63. The normalized spacial score (nSPS) is 18.2. The Labute approximate surface area is 204 Å². The van der Waals surface area contributed by atoms with Gasteiger partial charge >= 0.3 is 0 Å². The van der Waals surface area contributed by atoms with Crippen molar-refractivity contribution >= 4 is 46.7 Å². The van der Waals surface area contributed by atoms with Crippen molar-refractivity contribution in [1.29, 1.82) is 0 Å². The first-order valence-corrected chi connectivity index (χ1v) is 11.9. The lowest BCUT2D eigenvalue weighted by Gasteiger charge is -2.28. The van der Waals surface area contributed by atoms with Crippen LogP contribution in [0.1, 0.15) is 53.4 Å². The molecule has 1 aliphatic rings. The molecule has 0 spiro atoms. The van der Waals surface area contributed by atoms with E-state index in [-0.39, 0.29) is 31.3 Å². The van der Waals surface area contributed by atoms with Gasteiger partial charge in [-0.05, 0) is 32.6 Å². The van der Waals surface area contributed by atoms with Crippen molar-refractivity contribution in [1.82, 2.24) is 20.9 Å². The fourth-order valence-electron chi connectivity index (χ4n) is 3.69. The van der Waals surface area contributed by atoms with E-state index in [0.717, 1.165) is 0 Å². The largest absolute Gasteiger partial charge is 0.389 e. The first-order valence-electron chi connectivity index (χ1n) is 11.3. The summed E-state index contributed by atoms with van der Waals surface area (Å²) >= 11 is 5.68. The Kier molecular flexibility index (Phi) is 12.3. The number of aliphatic hydroxyl groups is 1. The Hall–Kier alpha value is -2.37. The second-order valence-electron chi connectivity index (χ2n) is 8.69. The average Bonchev–Trinajstić information content (AvgIpc) is 3.28. The maximum absolute atomic E-state index is 13.0. The van der Waals surface area contributed by atoms with Crippen LogP contribution in [0.15, 0.2) is 0 Å². The minimum absolute atomic E-state index is 0.00467. The van der Waals surface area contributed by atoms with Gasteiger partial charge in [-0.25, -0.2) is 0 Å². The molecule has 12 heteroatoms. The summed E-state index contributed by atoms with van der Waals surface area (Å²) in [4.78, 5) is 75.3. The molecule has 1 unspecified atom stereocenters. The fraction of sp³-hybridized carbons (Fsp3) is 0.727. The zero-order valence-electron chi connectivity index (χ0n) is 20.1. The van der Waals surface area contributed by atoms with Crippen LogP contribution in [0.25, 0.3) is 0 Å². The highest BCUT2D eigenvalue weighted by atomic mass is 35.5. The molecule has 1 saturated heterocycles. The summed E-state index contributed by atoms with van der Waals surface area (Å²) in [5.74, 6) is -3.62. The van der Waals surface area contributed by atoms with E-state index in [1.807, 2.05) is 0 Å². The molecule has 34 heavy (non-hydrogen) atoms. The molecule has 3 amide bonds. The molecule has 0 aromatic rings. The Morgan fingerprint density at radius 3 is 2.21 bits per heavy atom. The third kappa shape index (κ3) is 8.44. The zero-order valence-corrected chi connectivity index (χ0v) is 20.8. The number of aliphatic hydroxyl groups excluding tert-OH is 1. The average molecular weight is 503 g/mol. The van der Waals surface area contributed by atoms with Crippen LogP contribution in [0.5, 0.6) is 0 Å². The SMILES string of the molecule is CC(NC(=O)[C@H](C)NC(=O)CCC(=O)CO)C(=O)N1CCC[C@H]1C(=O)C(=O)[C@@H](NCCl)C(C)C. The van der Waals surface area contributed by atoms with E-state index >= 15 is 0 Å². The number of carbonyl (C=O) groups is 6.